The number of anilines is 1. The van der Waals surface area contributed by atoms with Gasteiger partial charge in [-0.2, -0.15) is 0 Å². The molecule has 0 aliphatic carbocycles. The molecule has 3 aromatic rings. The average molecular weight is 418 g/mol. The maximum atomic E-state index is 13.4. The van der Waals surface area contributed by atoms with Crippen molar-refractivity contribution in [2.24, 2.45) is 0 Å². The molecule has 1 N–H and O–H groups in total. The first-order valence-electron chi connectivity index (χ1n) is 10.2. The Morgan fingerprint density at radius 1 is 0.903 bits per heavy atom. The number of hydrogen-bond acceptors (Lipinski definition) is 5. The third-order valence-corrected chi connectivity index (χ3v) is 5.27. The van der Waals surface area contributed by atoms with Gasteiger partial charge in [0.1, 0.15) is 12.8 Å². The molecule has 1 aliphatic rings. The van der Waals surface area contributed by atoms with Crippen LogP contribution in [0.2, 0.25) is 0 Å². The molecule has 0 saturated heterocycles. The van der Waals surface area contributed by atoms with E-state index in [4.69, 9.17) is 14.2 Å². The minimum atomic E-state index is -0.343. The molecule has 0 aromatic heterocycles. The van der Waals surface area contributed by atoms with Gasteiger partial charge >= 0.3 is 0 Å². The normalized spacial score (nSPS) is 15.2. The van der Waals surface area contributed by atoms with Gasteiger partial charge in [0.2, 0.25) is 0 Å². The van der Waals surface area contributed by atoms with Crippen LogP contribution in [0, 0.1) is 0 Å². The Morgan fingerprint density at radius 2 is 1.68 bits per heavy atom. The lowest BCUT2D eigenvalue weighted by Gasteiger charge is -2.38. The van der Waals surface area contributed by atoms with Crippen molar-refractivity contribution in [1.29, 1.82) is 0 Å². The van der Waals surface area contributed by atoms with E-state index in [1.165, 1.54) is 0 Å². The van der Waals surface area contributed by atoms with Crippen LogP contribution in [0.15, 0.2) is 72.8 Å². The Kier molecular flexibility index (Phi) is 6.38. The van der Waals surface area contributed by atoms with Gasteiger partial charge in [-0.3, -0.25) is 4.79 Å². The summed E-state index contributed by atoms with van der Waals surface area (Å²) in [5.41, 5.74) is 3.46. The van der Waals surface area contributed by atoms with Gasteiger partial charge in [0, 0.05) is 19.3 Å². The largest absolute Gasteiger partial charge is 0.493 e. The topological polar surface area (TPSA) is 60.0 Å². The number of nitrogens with one attached hydrogen (secondary N) is 1. The van der Waals surface area contributed by atoms with Gasteiger partial charge in [-0.05, 0) is 35.4 Å². The molecule has 6 heteroatoms. The first-order chi connectivity index (χ1) is 15.2. The highest BCUT2D eigenvalue weighted by molar-refractivity contribution is 6.01. The van der Waals surface area contributed by atoms with E-state index in [-0.39, 0.29) is 12.1 Å². The monoisotopic (exact) mass is 418 g/mol. The number of ether oxygens (including phenoxy) is 3. The highest BCUT2D eigenvalue weighted by atomic mass is 16.5. The van der Waals surface area contributed by atoms with Crippen LogP contribution < -0.4 is 14.8 Å². The Labute approximate surface area is 182 Å². The number of para-hydroxylation sites is 1. The third-order valence-electron chi connectivity index (χ3n) is 5.27. The van der Waals surface area contributed by atoms with E-state index in [9.17, 15) is 4.79 Å². The molecule has 3 aromatic carbocycles. The standard InChI is InChI=1S/C25H26N2O4/c1-29-14-15-31-22-13-12-19(16-23(22)30-2)24-26-21-11-7-6-10-20(21)25(28)27(24)17-18-8-4-3-5-9-18/h3-13,16,24,26H,14-15,17H2,1-2H3. The highest BCUT2D eigenvalue weighted by Gasteiger charge is 2.33. The lowest BCUT2D eigenvalue weighted by atomic mass is 10.0. The van der Waals surface area contributed by atoms with Gasteiger partial charge in [-0.1, -0.05) is 48.5 Å². The second kappa shape index (κ2) is 9.53. The van der Waals surface area contributed by atoms with E-state index in [1.807, 2.05) is 77.7 Å². The van der Waals surface area contributed by atoms with Crippen LogP contribution in [0.3, 0.4) is 0 Å². The van der Waals surface area contributed by atoms with E-state index in [1.54, 1.807) is 14.2 Å². The summed E-state index contributed by atoms with van der Waals surface area (Å²) >= 11 is 0. The zero-order valence-corrected chi connectivity index (χ0v) is 17.7. The number of rotatable bonds is 8. The van der Waals surface area contributed by atoms with Crippen LogP contribution in [0.25, 0.3) is 0 Å². The molecule has 0 saturated carbocycles. The number of carbonyl (C=O) groups excluding carboxylic acids is 1. The van der Waals surface area contributed by atoms with Gasteiger partial charge in [-0.15, -0.1) is 0 Å². The van der Waals surface area contributed by atoms with Crippen LogP contribution in [0.4, 0.5) is 5.69 Å². The summed E-state index contributed by atoms with van der Waals surface area (Å²) in [5.74, 6) is 1.24. The number of nitrogens with zero attached hydrogens (tertiary/aromatic N) is 1. The van der Waals surface area contributed by atoms with Crippen molar-refractivity contribution in [3.63, 3.8) is 0 Å². The molecule has 1 heterocycles. The molecule has 0 spiro atoms. The first kappa shape index (κ1) is 20.8. The molecule has 1 unspecified atom stereocenters. The van der Waals surface area contributed by atoms with E-state index < -0.39 is 0 Å². The van der Waals surface area contributed by atoms with Crippen molar-refractivity contribution < 1.29 is 19.0 Å². The van der Waals surface area contributed by atoms with Crippen molar-refractivity contribution in [1.82, 2.24) is 4.90 Å². The van der Waals surface area contributed by atoms with Crippen molar-refractivity contribution in [2.75, 3.05) is 32.8 Å². The second-order valence-corrected chi connectivity index (χ2v) is 7.26. The van der Waals surface area contributed by atoms with Crippen LogP contribution >= 0.6 is 0 Å². The van der Waals surface area contributed by atoms with Gasteiger partial charge in [0.15, 0.2) is 11.5 Å². The number of amides is 1. The minimum Gasteiger partial charge on any atom is -0.493 e. The quantitative estimate of drug-likeness (QED) is 0.547. The number of hydrogen-bond donors (Lipinski definition) is 1. The molecule has 1 aliphatic heterocycles. The number of carbonyl (C=O) groups is 1. The number of benzene rings is 3. The van der Waals surface area contributed by atoms with Crippen LogP contribution in [0.5, 0.6) is 11.5 Å². The van der Waals surface area contributed by atoms with Crippen molar-refractivity contribution >= 4 is 11.6 Å². The van der Waals surface area contributed by atoms with Gasteiger partial charge in [0.05, 0.1) is 19.3 Å². The molecule has 0 fully saturated rings. The molecular weight excluding hydrogens is 392 g/mol. The van der Waals surface area contributed by atoms with Crippen LogP contribution in [-0.2, 0) is 11.3 Å². The third kappa shape index (κ3) is 4.49. The zero-order chi connectivity index (χ0) is 21.6. The van der Waals surface area contributed by atoms with Crippen molar-refractivity contribution in [3.05, 3.63) is 89.5 Å². The van der Waals surface area contributed by atoms with E-state index in [0.29, 0.717) is 36.8 Å². The Hall–Kier alpha value is -3.51. The fourth-order valence-electron chi connectivity index (χ4n) is 3.71. The SMILES string of the molecule is COCCOc1ccc(C2Nc3ccccc3C(=O)N2Cc2ccccc2)cc1OC. The molecule has 0 radical (unpaired) electrons. The van der Waals surface area contributed by atoms with Crippen molar-refractivity contribution in [3.8, 4) is 11.5 Å². The number of fused-ring (bicyclic) bond motifs is 1. The molecule has 160 valence electrons. The summed E-state index contributed by atoms with van der Waals surface area (Å²) in [7, 11) is 3.24. The van der Waals surface area contributed by atoms with Gasteiger partial charge < -0.3 is 24.4 Å². The summed E-state index contributed by atoms with van der Waals surface area (Å²) in [6.45, 7) is 1.41. The first-order valence-corrected chi connectivity index (χ1v) is 10.2. The van der Waals surface area contributed by atoms with Crippen LogP contribution in [-0.4, -0.2) is 38.2 Å². The Morgan fingerprint density at radius 3 is 2.45 bits per heavy atom. The maximum Gasteiger partial charge on any atom is 0.258 e. The average Bonchev–Trinajstić information content (AvgIpc) is 2.82. The van der Waals surface area contributed by atoms with Crippen LogP contribution in [0.1, 0.15) is 27.7 Å². The predicted molar refractivity (Wildman–Crippen MR) is 119 cm³/mol. The van der Waals surface area contributed by atoms with Gasteiger partial charge in [-0.25, -0.2) is 0 Å². The summed E-state index contributed by atoms with van der Waals surface area (Å²) in [4.78, 5) is 15.3. The van der Waals surface area contributed by atoms with Gasteiger partial charge in [0.25, 0.3) is 5.91 Å². The molecule has 1 amide bonds. The molecule has 1 atom stereocenters. The zero-order valence-electron chi connectivity index (χ0n) is 17.7. The fraction of sp³-hybridized carbons (Fsp3) is 0.240. The second-order valence-electron chi connectivity index (χ2n) is 7.26. The minimum absolute atomic E-state index is 0.0115. The summed E-state index contributed by atoms with van der Waals surface area (Å²) in [5, 5.41) is 3.53. The van der Waals surface area contributed by atoms with E-state index >= 15 is 0 Å². The summed E-state index contributed by atoms with van der Waals surface area (Å²) < 4.78 is 16.4. The summed E-state index contributed by atoms with van der Waals surface area (Å²) in [6.07, 6.45) is -0.343. The Bertz CT molecular complexity index is 1040. The lowest BCUT2D eigenvalue weighted by molar-refractivity contribution is 0.0666. The Balaban J connectivity index is 1.69. The van der Waals surface area contributed by atoms with E-state index in [2.05, 4.69) is 5.32 Å². The summed E-state index contributed by atoms with van der Waals surface area (Å²) in [6, 6.07) is 23.3. The highest BCUT2D eigenvalue weighted by Crippen LogP contribution is 2.37. The van der Waals surface area contributed by atoms with E-state index in [0.717, 1.165) is 16.8 Å². The maximum absolute atomic E-state index is 13.4. The molecular formula is C25H26N2O4. The smallest absolute Gasteiger partial charge is 0.258 e. The number of methoxy groups -OCH3 is 2. The predicted octanol–water partition coefficient (Wildman–Crippen LogP) is 4.49. The lowest BCUT2D eigenvalue weighted by Crippen LogP contribution is -2.42. The fourth-order valence-corrected chi connectivity index (χ4v) is 3.71. The molecule has 31 heavy (non-hydrogen) atoms. The molecule has 0 bridgehead atoms. The molecule has 6 nitrogen and oxygen atoms in total. The molecule has 4 rings (SSSR count). The van der Waals surface area contributed by atoms with Crippen molar-refractivity contribution in [2.45, 2.75) is 12.7 Å².